The maximum absolute atomic E-state index is 11.2. The lowest BCUT2D eigenvalue weighted by Gasteiger charge is -2.34. The van der Waals surface area contributed by atoms with Crippen LogP contribution in [0.5, 0.6) is 0 Å². The van der Waals surface area contributed by atoms with Crippen LogP contribution in [0.15, 0.2) is 24.3 Å². The van der Waals surface area contributed by atoms with E-state index in [2.05, 4.69) is 29.6 Å². The highest BCUT2D eigenvalue weighted by Gasteiger charge is 2.49. The number of methoxy groups -OCH3 is 1. The van der Waals surface area contributed by atoms with Gasteiger partial charge in [0.05, 0.1) is 12.2 Å². The maximum Gasteiger partial charge on any atom is 0.0833 e. The van der Waals surface area contributed by atoms with Gasteiger partial charge in [-0.15, -0.1) is 0 Å². The Hall–Kier alpha value is -0.900. The van der Waals surface area contributed by atoms with Crippen molar-refractivity contribution in [1.82, 2.24) is 5.32 Å². The first-order valence-electron chi connectivity index (χ1n) is 7.73. The largest absolute Gasteiger partial charge is 0.388 e. The third-order valence-corrected chi connectivity index (χ3v) is 5.22. The molecule has 1 fully saturated rings. The van der Waals surface area contributed by atoms with Gasteiger partial charge >= 0.3 is 0 Å². The van der Waals surface area contributed by atoms with E-state index in [0.717, 1.165) is 32.2 Å². The molecule has 110 valence electrons. The van der Waals surface area contributed by atoms with E-state index in [9.17, 15) is 5.11 Å². The molecule has 20 heavy (non-hydrogen) atoms. The number of aliphatic hydroxyl groups is 1. The fraction of sp³-hybridized carbons (Fsp3) is 0.647. The lowest BCUT2D eigenvalue weighted by molar-refractivity contribution is -0.0325. The number of hydrogen-bond acceptors (Lipinski definition) is 3. The van der Waals surface area contributed by atoms with Gasteiger partial charge in [-0.3, -0.25) is 0 Å². The zero-order valence-electron chi connectivity index (χ0n) is 12.3. The molecule has 1 aromatic carbocycles. The quantitative estimate of drug-likeness (QED) is 0.805. The maximum atomic E-state index is 11.2. The summed E-state index contributed by atoms with van der Waals surface area (Å²) < 4.78 is 5.06. The van der Waals surface area contributed by atoms with Crippen LogP contribution in [-0.2, 0) is 17.6 Å². The minimum atomic E-state index is -0.549. The molecule has 3 heteroatoms. The number of rotatable bonds is 5. The van der Waals surface area contributed by atoms with Crippen molar-refractivity contribution >= 4 is 0 Å². The molecule has 2 aliphatic carbocycles. The van der Waals surface area contributed by atoms with Crippen LogP contribution in [0, 0.1) is 11.8 Å². The van der Waals surface area contributed by atoms with E-state index >= 15 is 0 Å². The summed E-state index contributed by atoms with van der Waals surface area (Å²) >= 11 is 0. The standard InChI is InChI=1S/C17H25NO2/c1-20-9-8-18-12-17(19)15-6-7-16(17)11-14-5-3-2-4-13(14)10-15/h2-5,15-16,18-19H,6-12H2,1H3. The first kappa shape index (κ1) is 14.1. The fourth-order valence-electron chi connectivity index (χ4n) is 4.03. The van der Waals surface area contributed by atoms with Crippen molar-refractivity contribution in [1.29, 1.82) is 0 Å². The van der Waals surface area contributed by atoms with Crippen LogP contribution in [-0.4, -0.2) is 37.5 Å². The molecular formula is C17H25NO2. The van der Waals surface area contributed by atoms with Crippen LogP contribution >= 0.6 is 0 Å². The van der Waals surface area contributed by atoms with Gasteiger partial charge in [0.2, 0.25) is 0 Å². The summed E-state index contributed by atoms with van der Waals surface area (Å²) in [5, 5.41) is 14.6. The molecular weight excluding hydrogens is 250 g/mol. The lowest BCUT2D eigenvalue weighted by atomic mass is 9.82. The Labute approximate surface area is 121 Å². The summed E-state index contributed by atoms with van der Waals surface area (Å²) in [5.41, 5.74) is 2.33. The average Bonchev–Trinajstić information content (AvgIpc) is 2.66. The van der Waals surface area contributed by atoms with Gasteiger partial charge in [-0.25, -0.2) is 0 Å². The molecule has 0 aliphatic heterocycles. The number of benzene rings is 1. The molecule has 2 unspecified atom stereocenters. The summed E-state index contributed by atoms with van der Waals surface area (Å²) in [7, 11) is 1.71. The number of nitrogens with one attached hydrogen (secondary N) is 1. The second-order valence-electron chi connectivity index (χ2n) is 6.31. The van der Waals surface area contributed by atoms with Gasteiger partial charge in [-0.1, -0.05) is 24.3 Å². The Morgan fingerprint density at radius 3 is 2.35 bits per heavy atom. The first-order valence-corrected chi connectivity index (χ1v) is 7.73. The predicted molar refractivity (Wildman–Crippen MR) is 79.8 cm³/mol. The molecule has 0 spiro atoms. The number of fused-ring (bicyclic) bond motifs is 3. The monoisotopic (exact) mass is 275 g/mol. The van der Waals surface area contributed by atoms with Crippen LogP contribution in [0.3, 0.4) is 0 Å². The molecule has 1 aromatic rings. The molecule has 2 N–H and O–H groups in total. The SMILES string of the molecule is COCCNCC1(O)C2CCC1Cc1ccccc1C2. The third-order valence-electron chi connectivity index (χ3n) is 5.22. The average molecular weight is 275 g/mol. The molecule has 0 heterocycles. The molecule has 2 aliphatic rings. The summed E-state index contributed by atoms with van der Waals surface area (Å²) in [6.45, 7) is 2.20. The van der Waals surface area contributed by atoms with Crippen molar-refractivity contribution < 1.29 is 9.84 Å². The van der Waals surface area contributed by atoms with Crippen LogP contribution < -0.4 is 5.32 Å². The van der Waals surface area contributed by atoms with Crippen LogP contribution in [0.4, 0.5) is 0 Å². The number of hydrogen-bond donors (Lipinski definition) is 2. The van der Waals surface area contributed by atoms with Gasteiger partial charge in [-0.05, 0) is 48.6 Å². The van der Waals surface area contributed by atoms with E-state index in [-0.39, 0.29) is 0 Å². The molecule has 3 nitrogen and oxygen atoms in total. The van der Waals surface area contributed by atoms with Crippen LogP contribution in [0.1, 0.15) is 24.0 Å². The van der Waals surface area contributed by atoms with Gasteiger partial charge in [0.15, 0.2) is 0 Å². The first-order chi connectivity index (χ1) is 9.74. The molecule has 1 saturated carbocycles. The smallest absolute Gasteiger partial charge is 0.0833 e. The molecule has 2 atom stereocenters. The summed E-state index contributed by atoms with van der Waals surface area (Å²) in [5.74, 6) is 0.789. The van der Waals surface area contributed by atoms with Crippen molar-refractivity contribution in [2.24, 2.45) is 11.8 Å². The molecule has 0 saturated heterocycles. The lowest BCUT2D eigenvalue weighted by Crippen LogP contribution is -2.49. The van der Waals surface area contributed by atoms with Crippen molar-refractivity contribution in [3.8, 4) is 0 Å². The summed E-state index contributed by atoms with van der Waals surface area (Å²) in [6.07, 6.45) is 4.35. The Bertz CT molecular complexity index is 427. The van der Waals surface area contributed by atoms with E-state index in [4.69, 9.17) is 4.74 Å². The van der Waals surface area contributed by atoms with Gasteiger partial charge in [0.1, 0.15) is 0 Å². The highest BCUT2D eigenvalue weighted by atomic mass is 16.5. The van der Waals surface area contributed by atoms with Gasteiger partial charge in [-0.2, -0.15) is 0 Å². The molecule has 2 bridgehead atoms. The number of ether oxygens (including phenoxy) is 1. The predicted octanol–water partition coefficient (Wildman–Crippen LogP) is 1.78. The van der Waals surface area contributed by atoms with Crippen molar-refractivity contribution in [2.45, 2.75) is 31.3 Å². The van der Waals surface area contributed by atoms with E-state index in [1.165, 1.54) is 11.1 Å². The van der Waals surface area contributed by atoms with Crippen molar-refractivity contribution in [3.63, 3.8) is 0 Å². The van der Waals surface area contributed by atoms with Crippen molar-refractivity contribution in [3.05, 3.63) is 35.4 Å². The summed E-state index contributed by atoms with van der Waals surface area (Å²) in [6, 6.07) is 8.70. The Morgan fingerprint density at radius 1 is 1.20 bits per heavy atom. The van der Waals surface area contributed by atoms with Gasteiger partial charge in [0, 0.05) is 20.2 Å². The highest BCUT2D eigenvalue weighted by Crippen LogP contribution is 2.46. The third kappa shape index (κ3) is 2.50. The van der Waals surface area contributed by atoms with E-state index in [1.54, 1.807) is 7.11 Å². The minimum Gasteiger partial charge on any atom is -0.388 e. The fourth-order valence-corrected chi connectivity index (χ4v) is 4.03. The van der Waals surface area contributed by atoms with E-state index < -0.39 is 5.60 Å². The Morgan fingerprint density at radius 2 is 1.80 bits per heavy atom. The van der Waals surface area contributed by atoms with E-state index in [0.29, 0.717) is 25.0 Å². The van der Waals surface area contributed by atoms with Crippen molar-refractivity contribution in [2.75, 3.05) is 26.8 Å². The van der Waals surface area contributed by atoms with Crippen LogP contribution in [0.2, 0.25) is 0 Å². The zero-order chi connectivity index (χ0) is 14.0. The second kappa shape index (κ2) is 5.84. The Kier molecular flexibility index (Phi) is 4.11. The highest BCUT2D eigenvalue weighted by molar-refractivity contribution is 5.31. The second-order valence-corrected chi connectivity index (χ2v) is 6.31. The van der Waals surface area contributed by atoms with Gasteiger partial charge in [0.25, 0.3) is 0 Å². The molecule has 0 amide bonds. The zero-order valence-corrected chi connectivity index (χ0v) is 12.3. The molecule has 0 radical (unpaired) electrons. The van der Waals surface area contributed by atoms with Crippen LogP contribution in [0.25, 0.3) is 0 Å². The summed E-state index contributed by atoms with van der Waals surface area (Å²) in [4.78, 5) is 0. The normalized spacial score (nSPS) is 31.9. The molecule has 0 aromatic heterocycles. The van der Waals surface area contributed by atoms with Gasteiger partial charge < -0.3 is 15.2 Å². The minimum absolute atomic E-state index is 0.395. The topological polar surface area (TPSA) is 41.5 Å². The Balaban J connectivity index is 1.74. The molecule has 3 rings (SSSR count). The van der Waals surface area contributed by atoms with E-state index in [1.807, 2.05) is 0 Å².